The Bertz CT molecular complexity index is 400. The van der Waals surface area contributed by atoms with E-state index in [-0.39, 0.29) is 11.3 Å². The van der Waals surface area contributed by atoms with Crippen molar-refractivity contribution in [3.05, 3.63) is 23.6 Å². The second kappa shape index (κ2) is 3.95. The maximum atomic E-state index is 11.3. The predicted molar refractivity (Wildman–Crippen MR) is 49.5 cm³/mol. The number of aromatic carboxylic acids is 1. The molecule has 0 saturated carbocycles. The van der Waals surface area contributed by atoms with Gasteiger partial charge in [-0.05, 0) is 12.5 Å². The second-order valence-corrected chi connectivity index (χ2v) is 2.81. The first kappa shape index (κ1) is 11.0. The van der Waals surface area contributed by atoms with Crippen molar-refractivity contribution in [1.82, 2.24) is 5.16 Å². The SMILES string of the molecule is C=C(C)c1noc(C(=O)O)c1C(=O)OC. The van der Waals surface area contributed by atoms with E-state index in [0.717, 1.165) is 7.11 Å². The zero-order valence-electron chi connectivity index (χ0n) is 8.23. The number of carboxylic acid groups (broad SMARTS) is 1. The van der Waals surface area contributed by atoms with E-state index in [1.54, 1.807) is 6.92 Å². The highest BCUT2D eigenvalue weighted by Crippen LogP contribution is 2.21. The molecule has 1 aromatic heterocycles. The molecule has 0 atom stereocenters. The monoisotopic (exact) mass is 211 g/mol. The van der Waals surface area contributed by atoms with Gasteiger partial charge in [0.15, 0.2) is 0 Å². The Morgan fingerprint density at radius 2 is 2.13 bits per heavy atom. The van der Waals surface area contributed by atoms with Gasteiger partial charge in [-0.3, -0.25) is 0 Å². The molecule has 15 heavy (non-hydrogen) atoms. The van der Waals surface area contributed by atoms with Gasteiger partial charge in [-0.25, -0.2) is 9.59 Å². The van der Waals surface area contributed by atoms with Crippen molar-refractivity contribution in [1.29, 1.82) is 0 Å². The number of hydrogen-bond donors (Lipinski definition) is 1. The van der Waals surface area contributed by atoms with Crippen LogP contribution in [0, 0.1) is 0 Å². The van der Waals surface area contributed by atoms with Crippen LogP contribution in [0.1, 0.15) is 33.5 Å². The van der Waals surface area contributed by atoms with Gasteiger partial charge in [-0.15, -0.1) is 0 Å². The number of esters is 1. The van der Waals surface area contributed by atoms with E-state index in [0.29, 0.717) is 5.57 Å². The van der Waals surface area contributed by atoms with Gasteiger partial charge >= 0.3 is 11.9 Å². The van der Waals surface area contributed by atoms with Gasteiger partial charge in [-0.1, -0.05) is 11.7 Å². The van der Waals surface area contributed by atoms with E-state index in [1.165, 1.54) is 0 Å². The van der Waals surface area contributed by atoms with Gasteiger partial charge in [-0.2, -0.15) is 0 Å². The number of rotatable bonds is 3. The summed E-state index contributed by atoms with van der Waals surface area (Å²) in [5.74, 6) is -2.73. The lowest BCUT2D eigenvalue weighted by Gasteiger charge is -1.98. The Labute approximate surface area is 85.1 Å². The van der Waals surface area contributed by atoms with Crippen LogP contribution in [0.15, 0.2) is 11.1 Å². The fourth-order valence-corrected chi connectivity index (χ4v) is 1.02. The Morgan fingerprint density at radius 3 is 2.53 bits per heavy atom. The highest BCUT2D eigenvalue weighted by molar-refractivity contribution is 6.03. The summed E-state index contributed by atoms with van der Waals surface area (Å²) < 4.78 is 8.96. The fraction of sp³-hybridized carbons (Fsp3) is 0.222. The summed E-state index contributed by atoms with van der Waals surface area (Å²) in [6.45, 7) is 5.13. The van der Waals surface area contributed by atoms with Crippen LogP contribution in [0.3, 0.4) is 0 Å². The summed E-state index contributed by atoms with van der Waals surface area (Å²) in [7, 11) is 1.14. The van der Waals surface area contributed by atoms with E-state index >= 15 is 0 Å². The molecule has 6 nitrogen and oxygen atoms in total. The molecule has 0 bridgehead atoms. The zero-order valence-corrected chi connectivity index (χ0v) is 8.23. The molecule has 0 aromatic carbocycles. The Kier molecular flexibility index (Phi) is 2.89. The second-order valence-electron chi connectivity index (χ2n) is 2.81. The summed E-state index contributed by atoms with van der Waals surface area (Å²) in [6, 6.07) is 0. The van der Waals surface area contributed by atoms with Crippen LogP contribution in [0.25, 0.3) is 5.57 Å². The molecule has 0 aliphatic heterocycles. The summed E-state index contributed by atoms with van der Waals surface area (Å²) >= 11 is 0. The van der Waals surface area contributed by atoms with Crippen LogP contribution >= 0.6 is 0 Å². The molecule has 1 N–H and O–H groups in total. The highest BCUT2D eigenvalue weighted by atomic mass is 16.5. The van der Waals surface area contributed by atoms with Crippen LogP contribution in [0.2, 0.25) is 0 Å². The van der Waals surface area contributed by atoms with E-state index in [1.807, 2.05) is 0 Å². The number of aromatic nitrogens is 1. The smallest absolute Gasteiger partial charge is 0.375 e. The topological polar surface area (TPSA) is 89.6 Å². The minimum absolute atomic E-state index is 0.0965. The third-order valence-electron chi connectivity index (χ3n) is 1.68. The lowest BCUT2D eigenvalue weighted by atomic mass is 10.1. The van der Waals surface area contributed by atoms with E-state index < -0.39 is 17.7 Å². The Morgan fingerprint density at radius 1 is 1.53 bits per heavy atom. The van der Waals surface area contributed by atoms with Gasteiger partial charge in [0.1, 0.15) is 11.3 Å². The van der Waals surface area contributed by atoms with Crippen molar-refractivity contribution < 1.29 is 24.0 Å². The molecule has 0 spiro atoms. The first-order valence-corrected chi connectivity index (χ1v) is 3.96. The third kappa shape index (κ3) is 1.88. The number of carbonyl (C=O) groups is 2. The van der Waals surface area contributed by atoms with Crippen LogP contribution in [-0.4, -0.2) is 29.3 Å². The van der Waals surface area contributed by atoms with Gasteiger partial charge in [0.2, 0.25) is 0 Å². The first-order chi connectivity index (χ1) is 6.99. The molecule has 0 unspecified atom stereocenters. The van der Waals surface area contributed by atoms with Gasteiger partial charge in [0, 0.05) is 0 Å². The molecular formula is C9H9NO5. The van der Waals surface area contributed by atoms with Gasteiger partial charge in [0.25, 0.3) is 5.76 Å². The molecule has 1 heterocycles. The third-order valence-corrected chi connectivity index (χ3v) is 1.68. The molecule has 1 rings (SSSR count). The number of nitrogens with zero attached hydrogens (tertiary/aromatic N) is 1. The Hall–Kier alpha value is -2.11. The van der Waals surface area contributed by atoms with Crippen LogP contribution in [-0.2, 0) is 4.74 Å². The molecule has 0 amide bonds. The molecule has 0 radical (unpaired) electrons. The molecular weight excluding hydrogens is 202 g/mol. The van der Waals surface area contributed by atoms with Crippen molar-refractivity contribution in [2.75, 3.05) is 7.11 Å². The fourth-order valence-electron chi connectivity index (χ4n) is 1.02. The van der Waals surface area contributed by atoms with Crippen LogP contribution in [0.4, 0.5) is 0 Å². The quantitative estimate of drug-likeness (QED) is 0.755. The van der Waals surface area contributed by atoms with Crippen molar-refractivity contribution in [2.45, 2.75) is 6.92 Å². The number of methoxy groups -OCH3 is 1. The normalized spacial score (nSPS) is 9.73. The molecule has 80 valence electrons. The molecule has 0 fully saturated rings. The van der Waals surface area contributed by atoms with Crippen LogP contribution < -0.4 is 0 Å². The number of carboxylic acids is 1. The summed E-state index contributed by atoms with van der Waals surface area (Å²) in [4.78, 5) is 22.0. The minimum Gasteiger partial charge on any atom is -0.475 e. The van der Waals surface area contributed by atoms with E-state index in [2.05, 4.69) is 21.0 Å². The number of allylic oxidation sites excluding steroid dienone is 1. The maximum absolute atomic E-state index is 11.3. The average molecular weight is 211 g/mol. The van der Waals surface area contributed by atoms with E-state index in [4.69, 9.17) is 5.11 Å². The van der Waals surface area contributed by atoms with Crippen molar-refractivity contribution in [3.63, 3.8) is 0 Å². The number of ether oxygens (including phenoxy) is 1. The molecule has 1 aromatic rings. The Balaban J connectivity index is 3.39. The lowest BCUT2D eigenvalue weighted by molar-refractivity contribution is 0.0568. The molecule has 6 heteroatoms. The lowest BCUT2D eigenvalue weighted by Crippen LogP contribution is -2.09. The zero-order chi connectivity index (χ0) is 11.6. The molecule has 0 aliphatic carbocycles. The van der Waals surface area contributed by atoms with Crippen molar-refractivity contribution >= 4 is 17.5 Å². The van der Waals surface area contributed by atoms with Gasteiger partial charge < -0.3 is 14.4 Å². The molecule has 0 aliphatic rings. The van der Waals surface area contributed by atoms with Crippen molar-refractivity contribution in [2.24, 2.45) is 0 Å². The maximum Gasteiger partial charge on any atom is 0.375 e. The summed E-state index contributed by atoms with van der Waals surface area (Å²) in [5.41, 5.74) is 0.309. The largest absolute Gasteiger partial charge is 0.475 e. The summed E-state index contributed by atoms with van der Waals surface area (Å²) in [5, 5.41) is 12.2. The number of carbonyl (C=O) groups excluding carboxylic acids is 1. The average Bonchev–Trinajstić information content (AvgIpc) is 2.60. The van der Waals surface area contributed by atoms with E-state index in [9.17, 15) is 9.59 Å². The number of hydrogen-bond acceptors (Lipinski definition) is 5. The summed E-state index contributed by atoms with van der Waals surface area (Å²) in [6.07, 6.45) is 0. The van der Waals surface area contributed by atoms with Gasteiger partial charge in [0.05, 0.1) is 7.11 Å². The highest BCUT2D eigenvalue weighted by Gasteiger charge is 2.28. The predicted octanol–water partition coefficient (Wildman–Crippen LogP) is 1.19. The van der Waals surface area contributed by atoms with Crippen LogP contribution in [0.5, 0.6) is 0 Å². The first-order valence-electron chi connectivity index (χ1n) is 3.96. The standard InChI is InChI=1S/C9H9NO5/c1-4(2)6-5(9(13)14-3)7(8(11)12)15-10-6/h1H2,2-3H3,(H,11,12). The molecule has 0 saturated heterocycles. The van der Waals surface area contributed by atoms with Crippen molar-refractivity contribution in [3.8, 4) is 0 Å². The minimum atomic E-state index is -1.38.